The van der Waals surface area contributed by atoms with Crippen molar-refractivity contribution < 1.29 is 42.8 Å². The maximum Gasteiger partial charge on any atom is 0.309 e. The molecule has 3 atom stereocenters. The van der Waals surface area contributed by atoms with E-state index in [9.17, 15) is 19.1 Å². The second-order valence-electron chi connectivity index (χ2n) is 12.0. The first-order chi connectivity index (χ1) is 22.6. The quantitative estimate of drug-likeness (QED) is 0.204. The van der Waals surface area contributed by atoms with Crippen LogP contribution in [0.2, 0.25) is 0 Å². The lowest BCUT2D eigenvalue weighted by Crippen LogP contribution is -2.35. The summed E-state index contributed by atoms with van der Waals surface area (Å²) in [4.78, 5) is 28.7. The number of ether oxygens (including phenoxy) is 5. The third-order valence-corrected chi connectivity index (χ3v) is 8.66. The Bertz CT molecular complexity index is 1550. The Morgan fingerprint density at radius 3 is 2.34 bits per heavy atom. The van der Waals surface area contributed by atoms with Crippen molar-refractivity contribution in [2.75, 3.05) is 45.5 Å². The molecule has 1 unspecified atom stereocenters. The van der Waals surface area contributed by atoms with E-state index in [0.717, 1.165) is 5.56 Å². The number of anilines is 1. The molecule has 3 aromatic rings. The fourth-order valence-electron chi connectivity index (χ4n) is 6.50. The molecule has 0 saturated carbocycles. The molecule has 10 nitrogen and oxygen atoms in total. The summed E-state index contributed by atoms with van der Waals surface area (Å²) in [7, 11) is 1.52. The number of nitrogens with zero attached hydrogens (tertiary/aromatic N) is 1. The number of aryl methyl sites for hydroxylation is 2. The minimum Gasteiger partial charge on any atom is -0.493 e. The van der Waals surface area contributed by atoms with Crippen LogP contribution in [0.15, 0.2) is 48.5 Å². The van der Waals surface area contributed by atoms with Gasteiger partial charge in [0.25, 0.3) is 0 Å². The van der Waals surface area contributed by atoms with E-state index >= 15 is 0 Å². The van der Waals surface area contributed by atoms with E-state index in [4.69, 9.17) is 23.7 Å². The first-order valence-electron chi connectivity index (χ1n) is 16.0. The molecule has 2 aliphatic heterocycles. The first kappa shape index (κ1) is 34.0. The molecule has 2 N–H and O–H groups in total. The summed E-state index contributed by atoms with van der Waals surface area (Å²) in [6, 6.07) is 13.1. The largest absolute Gasteiger partial charge is 0.493 e. The number of carboxylic acid groups (broad SMARTS) is 1. The number of likely N-dealkylation sites (tertiary alicyclic amines) is 1. The fourth-order valence-corrected chi connectivity index (χ4v) is 6.50. The number of hydrogen-bond acceptors (Lipinski definition) is 8. The maximum atomic E-state index is 14.3. The van der Waals surface area contributed by atoms with Gasteiger partial charge in [0.2, 0.25) is 18.4 Å². The van der Waals surface area contributed by atoms with Crippen molar-refractivity contribution in [3.63, 3.8) is 0 Å². The van der Waals surface area contributed by atoms with E-state index in [2.05, 4.69) is 5.32 Å². The number of halogens is 1. The van der Waals surface area contributed by atoms with Gasteiger partial charge in [-0.3, -0.25) is 14.5 Å². The van der Waals surface area contributed by atoms with Crippen molar-refractivity contribution in [2.45, 2.75) is 58.6 Å². The average Bonchev–Trinajstić information content (AvgIpc) is 3.68. The normalized spacial score (nSPS) is 18.8. The van der Waals surface area contributed by atoms with Crippen LogP contribution in [0.4, 0.5) is 10.1 Å². The van der Waals surface area contributed by atoms with E-state index in [0.29, 0.717) is 71.4 Å². The van der Waals surface area contributed by atoms with Gasteiger partial charge in [0.05, 0.1) is 32.3 Å². The Kier molecular flexibility index (Phi) is 10.9. The van der Waals surface area contributed by atoms with Crippen molar-refractivity contribution in [1.29, 1.82) is 0 Å². The molecule has 1 saturated heterocycles. The highest BCUT2D eigenvalue weighted by Gasteiger charge is 2.48. The highest BCUT2D eigenvalue weighted by atomic mass is 19.1. The lowest BCUT2D eigenvalue weighted by Gasteiger charge is -2.27. The summed E-state index contributed by atoms with van der Waals surface area (Å²) >= 11 is 0. The molecule has 0 aromatic heterocycles. The molecular formula is C36H43FN2O8. The molecule has 0 aliphatic carbocycles. The number of carboxylic acids is 1. The van der Waals surface area contributed by atoms with Gasteiger partial charge in [-0.2, -0.15) is 0 Å². The Labute approximate surface area is 274 Å². The summed E-state index contributed by atoms with van der Waals surface area (Å²) in [5.41, 5.74) is 3.45. The Morgan fingerprint density at radius 1 is 1.02 bits per heavy atom. The van der Waals surface area contributed by atoms with Gasteiger partial charge in [0.1, 0.15) is 18.2 Å². The van der Waals surface area contributed by atoms with Crippen molar-refractivity contribution in [3.8, 4) is 23.0 Å². The smallest absolute Gasteiger partial charge is 0.309 e. The van der Waals surface area contributed by atoms with Gasteiger partial charge in [0, 0.05) is 24.2 Å². The minimum atomic E-state index is -0.995. The molecule has 1 amide bonds. The first-order valence-corrected chi connectivity index (χ1v) is 16.0. The second-order valence-corrected chi connectivity index (χ2v) is 12.0. The maximum absolute atomic E-state index is 14.3. The van der Waals surface area contributed by atoms with Gasteiger partial charge in [-0.25, -0.2) is 4.39 Å². The number of amides is 1. The number of carbonyl (C=O) groups excluding carboxylic acids is 1. The number of aliphatic carboxylic acids is 1. The number of benzene rings is 3. The molecule has 2 heterocycles. The van der Waals surface area contributed by atoms with Crippen molar-refractivity contribution >= 4 is 17.6 Å². The van der Waals surface area contributed by atoms with Crippen LogP contribution in [-0.4, -0.2) is 68.2 Å². The molecule has 0 bridgehead atoms. The highest BCUT2D eigenvalue weighted by Crippen LogP contribution is 2.50. The van der Waals surface area contributed by atoms with E-state index in [1.165, 1.54) is 19.2 Å². The Balaban J connectivity index is 1.47. The predicted octanol–water partition coefficient (Wildman–Crippen LogP) is 5.97. The number of nitrogens with one attached hydrogen (secondary N) is 1. The third kappa shape index (κ3) is 7.63. The third-order valence-electron chi connectivity index (χ3n) is 8.66. The summed E-state index contributed by atoms with van der Waals surface area (Å²) in [5.74, 6) is -1.05. The van der Waals surface area contributed by atoms with E-state index in [-0.39, 0.29) is 37.7 Å². The number of rotatable bonds is 14. The molecular weight excluding hydrogens is 607 g/mol. The van der Waals surface area contributed by atoms with Gasteiger partial charge >= 0.3 is 5.97 Å². The SMILES string of the molecule is CCc1cc(F)cc(CC)c1NC(=O)CN1C[C@H](c2cc(OC)c3c(c2)OCO3)C(C(=O)O)[C@@H]1c1ccc(OCCOC(C)C)cc1. The van der Waals surface area contributed by atoms with Crippen LogP contribution in [0.5, 0.6) is 23.0 Å². The van der Waals surface area contributed by atoms with Crippen LogP contribution in [-0.2, 0) is 27.2 Å². The molecule has 0 spiro atoms. The standard InChI is InChI=1S/C36H43FN2O8/c1-6-22-14-26(37)15-23(7-2)33(22)38-31(40)19-39-18-28(25-16-29(43-5)35-30(17-25)46-20-47-35)32(36(41)42)34(39)24-8-10-27(11-9-24)45-13-12-44-21(3)4/h8-11,14-17,21,28,32,34H,6-7,12-13,18-20H2,1-5H3,(H,38,40)(H,41,42)/t28-,32?,34+/m1/s1. The molecule has 252 valence electrons. The fraction of sp³-hybridized carbons (Fsp3) is 0.444. The molecule has 1 fully saturated rings. The predicted molar refractivity (Wildman–Crippen MR) is 174 cm³/mol. The number of methoxy groups -OCH3 is 1. The van der Waals surface area contributed by atoms with Gasteiger partial charge < -0.3 is 34.1 Å². The molecule has 11 heteroatoms. The van der Waals surface area contributed by atoms with Crippen LogP contribution < -0.4 is 24.3 Å². The van der Waals surface area contributed by atoms with Gasteiger partial charge in [-0.15, -0.1) is 0 Å². The second kappa shape index (κ2) is 15.0. The minimum absolute atomic E-state index is 0.0397. The van der Waals surface area contributed by atoms with Gasteiger partial charge in [-0.05, 0) is 85.3 Å². The summed E-state index contributed by atoms with van der Waals surface area (Å²) in [6.45, 7) is 8.78. The molecule has 0 radical (unpaired) electrons. The Hall–Kier alpha value is -4.35. The van der Waals surface area contributed by atoms with E-state index in [1.54, 1.807) is 24.3 Å². The summed E-state index contributed by atoms with van der Waals surface area (Å²) in [6.07, 6.45) is 1.18. The number of fused-ring (bicyclic) bond motifs is 1. The van der Waals surface area contributed by atoms with Crippen LogP contribution in [0, 0.1) is 11.7 Å². The van der Waals surface area contributed by atoms with Gasteiger partial charge in [0.15, 0.2) is 11.5 Å². The molecule has 47 heavy (non-hydrogen) atoms. The molecule has 3 aromatic carbocycles. The Morgan fingerprint density at radius 2 is 1.72 bits per heavy atom. The van der Waals surface area contributed by atoms with E-state index in [1.807, 2.05) is 44.7 Å². The van der Waals surface area contributed by atoms with Crippen LogP contribution in [0.25, 0.3) is 0 Å². The average molecular weight is 651 g/mol. The zero-order valence-corrected chi connectivity index (χ0v) is 27.5. The number of carbonyl (C=O) groups is 2. The summed E-state index contributed by atoms with van der Waals surface area (Å²) in [5, 5.41) is 13.7. The monoisotopic (exact) mass is 650 g/mol. The van der Waals surface area contributed by atoms with Crippen LogP contribution in [0.3, 0.4) is 0 Å². The zero-order valence-electron chi connectivity index (χ0n) is 27.5. The topological polar surface area (TPSA) is 116 Å². The van der Waals surface area contributed by atoms with Gasteiger partial charge in [-0.1, -0.05) is 26.0 Å². The van der Waals surface area contributed by atoms with Crippen LogP contribution >= 0.6 is 0 Å². The van der Waals surface area contributed by atoms with Crippen molar-refractivity contribution in [3.05, 3.63) is 76.6 Å². The van der Waals surface area contributed by atoms with Crippen molar-refractivity contribution in [1.82, 2.24) is 4.90 Å². The summed E-state index contributed by atoms with van der Waals surface area (Å²) < 4.78 is 42.4. The number of hydrogen-bond donors (Lipinski definition) is 2. The van der Waals surface area contributed by atoms with E-state index < -0.39 is 23.8 Å². The lowest BCUT2D eigenvalue weighted by molar-refractivity contribution is -0.143. The molecule has 5 rings (SSSR count). The van der Waals surface area contributed by atoms with Crippen molar-refractivity contribution in [2.24, 2.45) is 5.92 Å². The van der Waals surface area contributed by atoms with Crippen LogP contribution in [0.1, 0.15) is 61.9 Å². The molecule has 2 aliphatic rings. The highest BCUT2D eigenvalue weighted by molar-refractivity contribution is 5.94. The lowest BCUT2D eigenvalue weighted by atomic mass is 9.82. The zero-order chi connectivity index (χ0) is 33.7.